The maximum Gasteiger partial charge on any atom is 0.256 e. The summed E-state index contributed by atoms with van der Waals surface area (Å²) in [6.07, 6.45) is 1.59. The fourth-order valence-electron chi connectivity index (χ4n) is 2.17. The van der Waals surface area contributed by atoms with Crippen LogP contribution in [0.5, 0.6) is 0 Å². The molecule has 0 spiro atoms. The van der Waals surface area contributed by atoms with E-state index in [1.807, 2.05) is 13.0 Å². The van der Waals surface area contributed by atoms with Crippen molar-refractivity contribution in [3.63, 3.8) is 0 Å². The summed E-state index contributed by atoms with van der Waals surface area (Å²) in [5, 5.41) is 7.02. The number of hydrogen-bond donors (Lipinski definition) is 2. The third-order valence-corrected chi connectivity index (χ3v) is 3.68. The minimum atomic E-state index is -0.350. The quantitative estimate of drug-likeness (QED) is 0.731. The van der Waals surface area contributed by atoms with E-state index in [2.05, 4.69) is 36.3 Å². The van der Waals surface area contributed by atoms with Gasteiger partial charge < -0.3 is 5.32 Å². The molecule has 3 rings (SSSR count). The molecule has 7 nitrogen and oxygen atoms in total. The van der Waals surface area contributed by atoms with Crippen LogP contribution in [0.1, 0.15) is 29.5 Å². The van der Waals surface area contributed by atoms with Gasteiger partial charge in [0.2, 0.25) is 5.78 Å². The topological polar surface area (TPSA) is 92.1 Å². The van der Waals surface area contributed by atoms with Gasteiger partial charge in [0.15, 0.2) is 5.82 Å². The van der Waals surface area contributed by atoms with Crippen LogP contribution >= 0.6 is 15.9 Å². The third-order valence-electron chi connectivity index (χ3n) is 3.18. The van der Waals surface area contributed by atoms with Gasteiger partial charge in [-0.3, -0.25) is 14.6 Å². The van der Waals surface area contributed by atoms with Gasteiger partial charge in [-0.1, -0.05) is 28.9 Å². The number of rotatable bonds is 4. The normalized spacial score (nSPS) is 10.9. The van der Waals surface area contributed by atoms with Gasteiger partial charge in [0, 0.05) is 22.5 Å². The van der Waals surface area contributed by atoms with Gasteiger partial charge >= 0.3 is 0 Å². The molecule has 0 aliphatic heterocycles. The lowest BCUT2D eigenvalue weighted by atomic mass is 10.2. The van der Waals surface area contributed by atoms with Crippen molar-refractivity contribution in [2.45, 2.75) is 19.8 Å². The molecule has 2 aromatic heterocycles. The Morgan fingerprint density at radius 2 is 2.22 bits per heavy atom. The lowest BCUT2D eigenvalue weighted by Gasteiger charge is -2.06. The Hall–Kier alpha value is -2.48. The van der Waals surface area contributed by atoms with Crippen molar-refractivity contribution in [2.24, 2.45) is 0 Å². The van der Waals surface area contributed by atoms with Crippen molar-refractivity contribution < 1.29 is 4.79 Å². The Labute approximate surface area is 139 Å². The van der Waals surface area contributed by atoms with Crippen LogP contribution in [0.4, 0.5) is 5.82 Å². The first-order valence-corrected chi connectivity index (χ1v) is 7.92. The van der Waals surface area contributed by atoms with Gasteiger partial charge in [-0.2, -0.15) is 9.50 Å². The molecule has 0 radical (unpaired) electrons. The predicted octanol–water partition coefficient (Wildman–Crippen LogP) is 2.38. The van der Waals surface area contributed by atoms with Crippen molar-refractivity contribution >= 4 is 33.4 Å². The standard InChI is InChI=1S/C15H14BrN5O2/c1-2-4-11-17-15-19-13(22)8-12(21(15)20-11)18-14(23)9-5-3-6-10(16)7-9/h3,5-8H,2,4H2,1H3,(H,18,23)(H,17,19,20,22). The van der Waals surface area contributed by atoms with Crippen molar-refractivity contribution in [2.75, 3.05) is 5.32 Å². The largest absolute Gasteiger partial charge is 0.306 e. The number of hydrogen-bond acceptors (Lipinski definition) is 4. The number of carbonyl (C=O) groups is 1. The van der Waals surface area contributed by atoms with Crippen LogP contribution in [0.2, 0.25) is 0 Å². The highest BCUT2D eigenvalue weighted by Crippen LogP contribution is 2.14. The number of fused-ring (bicyclic) bond motifs is 1. The van der Waals surface area contributed by atoms with E-state index in [0.29, 0.717) is 23.6 Å². The minimum Gasteiger partial charge on any atom is -0.306 e. The summed E-state index contributed by atoms with van der Waals surface area (Å²) in [5.41, 5.74) is 0.124. The van der Waals surface area contributed by atoms with Crippen LogP contribution in [0.25, 0.3) is 5.78 Å². The van der Waals surface area contributed by atoms with E-state index in [9.17, 15) is 9.59 Å². The molecule has 3 aromatic rings. The molecule has 0 bridgehead atoms. The summed E-state index contributed by atoms with van der Waals surface area (Å²) < 4.78 is 2.23. The molecule has 2 heterocycles. The van der Waals surface area contributed by atoms with E-state index in [4.69, 9.17) is 0 Å². The number of carbonyl (C=O) groups excluding carboxylic acids is 1. The Balaban J connectivity index is 1.98. The number of H-pyrrole nitrogens is 1. The lowest BCUT2D eigenvalue weighted by Crippen LogP contribution is -2.18. The Kier molecular flexibility index (Phi) is 4.24. The molecule has 0 aliphatic rings. The first kappa shape index (κ1) is 15.4. The highest BCUT2D eigenvalue weighted by Gasteiger charge is 2.13. The fourth-order valence-corrected chi connectivity index (χ4v) is 2.57. The van der Waals surface area contributed by atoms with Gasteiger partial charge in [-0.15, -0.1) is 5.10 Å². The molecule has 0 saturated heterocycles. The molecule has 118 valence electrons. The summed E-state index contributed by atoms with van der Waals surface area (Å²) in [7, 11) is 0. The van der Waals surface area contributed by atoms with Crippen molar-refractivity contribution in [3.8, 4) is 0 Å². The van der Waals surface area contributed by atoms with Crippen molar-refractivity contribution in [3.05, 3.63) is 56.5 Å². The summed E-state index contributed by atoms with van der Waals surface area (Å²) >= 11 is 3.33. The average Bonchev–Trinajstić information content (AvgIpc) is 2.90. The van der Waals surface area contributed by atoms with E-state index >= 15 is 0 Å². The number of aromatic nitrogens is 4. The highest BCUT2D eigenvalue weighted by atomic mass is 79.9. The Bertz CT molecular complexity index is 931. The molecule has 0 atom stereocenters. The Morgan fingerprint density at radius 1 is 1.39 bits per heavy atom. The van der Waals surface area contributed by atoms with Gasteiger partial charge in [-0.05, 0) is 24.6 Å². The van der Waals surface area contributed by atoms with Crippen LogP contribution < -0.4 is 10.9 Å². The molecule has 0 unspecified atom stereocenters. The summed E-state index contributed by atoms with van der Waals surface area (Å²) in [6, 6.07) is 8.27. The smallest absolute Gasteiger partial charge is 0.256 e. The number of nitrogens with zero attached hydrogens (tertiary/aromatic N) is 3. The number of nitrogens with one attached hydrogen (secondary N) is 2. The van der Waals surface area contributed by atoms with E-state index in [-0.39, 0.29) is 17.3 Å². The average molecular weight is 376 g/mol. The number of aromatic amines is 1. The number of anilines is 1. The van der Waals surface area contributed by atoms with Crippen LogP contribution in [0.3, 0.4) is 0 Å². The van der Waals surface area contributed by atoms with Crippen molar-refractivity contribution in [1.82, 2.24) is 19.6 Å². The Morgan fingerprint density at radius 3 is 2.96 bits per heavy atom. The SMILES string of the molecule is CCCc1nc2[nH]c(=O)cc(NC(=O)c3cccc(Br)c3)n2n1. The molecule has 23 heavy (non-hydrogen) atoms. The van der Waals surface area contributed by atoms with Crippen LogP contribution in [0.15, 0.2) is 39.6 Å². The zero-order chi connectivity index (χ0) is 16.4. The van der Waals surface area contributed by atoms with Gasteiger partial charge in [0.05, 0.1) is 0 Å². The second-order valence-electron chi connectivity index (χ2n) is 5.00. The molecule has 1 amide bonds. The van der Waals surface area contributed by atoms with Crippen LogP contribution in [0, 0.1) is 0 Å². The summed E-state index contributed by atoms with van der Waals surface area (Å²) in [6.45, 7) is 2.02. The van der Waals surface area contributed by atoms with Crippen molar-refractivity contribution in [1.29, 1.82) is 0 Å². The van der Waals surface area contributed by atoms with Crippen LogP contribution in [-0.4, -0.2) is 25.5 Å². The van der Waals surface area contributed by atoms with E-state index in [1.54, 1.807) is 18.2 Å². The summed E-state index contributed by atoms with van der Waals surface area (Å²) in [4.78, 5) is 31.0. The molecule has 1 aromatic carbocycles. The molecule has 8 heteroatoms. The molecule has 2 N–H and O–H groups in total. The maximum atomic E-state index is 12.3. The third kappa shape index (κ3) is 3.31. The van der Waals surface area contributed by atoms with E-state index in [0.717, 1.165) is 10.9 Å². The number of benzene rings is 1. The van der Waals surface area contributed by atoms with Gasteiger partial charge in [0.1, 0.15) is 5.82 Å². The second-order valence-corrected chi connectivity index (χ2v) is 5.91. The number of halogens is 1. The first-order chi connectivity index (χ1) is 11.1. The highest BCUT2D eigenvalue weighted by molar-refractivity contribution is 9.10. The number of amides is 1. The minimum absolute atomic E-state index is 0.281. The fraction of sp³-hybridized carbons (Fsp3) is 0.200. The molecular formula is C15H14BrN5O2. The monoisotopic (exact) mass is 375 g/mol. The first-order valence-electron chi connectivity index (χ1n) is 7.12. The lowest BCUT2D eigenvalue weighted by molar-refractivity contribution is 0.102. The summed E-state index contributed by atoms with van der Waals surface area (Å²) in [5.74, 6) is 0.882. The van der Waals surface area contributed by atoms with E-state index < -0.39 is 0 Å². The van der Waals surface area contributed by atoms with Crippen LogP contribution in [-0.2, 0) is 6.42 Å². The number of aryl methyl sites for hydroxylation is 1. The van der Waals surface area contributed by atoms with Gasteiger partial charge in [-0.25, -0.2) is 0 Å². The molecule has 0 fully saturated rings. The zero-order valence-electron chi connectivity index (χ0n) is 12.3. The maximum absolute atomic E-state index is 12.3. The van der Waals surface area contributed by atoms with E-state index in [1.165, 1.54) is 10.6 Å². The predicted molar refractivity (Wildman–Crippen MR) is 89.7 cm³/mol. The second kappa shape index (κ2) is 6.33. The zero-order valence-corrected chi connectivity index (χ0v) is 13.9. The van der Waals surface area contributed by atoms with Gasteiger partial charge in [0.25, 0.3) is 11.5 Å². The molecule has 0 saturated carbocycles. The molecule has 0 aliphatic carbocycles. The molecular weight excluding hydrogens is 362 g/mol.